The third kappa shape index (κ3) is 3.18. The van der Waals surface area contributed by atoms with Gasteiger partial charge in [0.25, 0.3) is 0 Å². The maximum absolute atomic E-state index is 6.66. The number of fused-ring (bicyclic) bond motifs is 1. The summed E-state index contributed by atoms with van der Waals surface area (Å²) in [5, 5.41) is 0. The van der Waals surface area contributed by atoms with E-state index < -0.39 is 0 Å². The molecule has 0 amide bonds. The molecule has 4 aliphatic carbocycles. The normalized spacial score (nSPS) is 32.4. The van der Waals surface area contributed by atoms with Crippen LogP contribution >= 0.6 is 12.4 Å². The minimum absolute atomic E-state index is 0. The summed E-state index contributed by atoms with van der Waals surface area (Å²) in [6.45, 7) is 0.633. The molecular weight excluding hydrogens is 384 g/mol. The van der Waals surface area contributed by atoms with Crippen molar-refractivity contribution < 1.29 is 9.15 Å². The van der Waals surface area contributed by atoms with Gasteiger partial charge in [-0.15, -0.1) is 12.4 Å². The Kier molecular flexibility index (Phi) is 4.69. The highest BCUT2D eigenvalue weighted by Crippen LogP contribution is 2.56. The summed E-state index contributed by atoms with van der Waals surface area (Å²) in [4.78, 5) is 4.58. The number of halogens is 1. The molecule has 4 fully saturated rings. The average Bonchev–Trinajstić information content (AvgIpc) is 3.15. The first-order valence-corrected chi connectivity index (χ1v) is 10.5. The number of aromatic nitrogens is 1. The van der Waals surface area contributed by atoms with E-state index in [1.54, 1.807) is 0 Å². The van der Waals surface area contributed by atoms with Crippen molar-refractivity contribution in [3.05, 3.63) is 54.1 Å². The number of oxazole rings is 1. The van der Waals surface area contributed by atoms with E-state index in [0.717, 1.165) is 41.3 Å². The maximum atomic E-state index is 6.66. The lowest BCUT2D eigenvalue weighted by Crippen LogP contribution is -2.64. The monoisotopic (exact) mass is 410 g/mol. The molecule has 2 N–H and O–H groups in total. The highest BCUT2D eigenvalue weighted by atomic mass is 35.5. The van der Waals surface area contributed by atoms with Crippen molar-refractivity contribution in [2.45, 2.75) is 50.4 Å². The summed E-state index contributed by atoms with van der Waals surface area (Å²) in [6.07, 6.45) is 6.35. The van der Waals surface area contributed by atoms with E-state index in [9.17, 15) is 0 Å². The van der Waals surface area contributed by atoms with Crippen LogP contribution in [0, 0.1) is 17.8 Å². The molecule has 29 heavy (non-hydrogen) atoms. The molecule has 0 aliphatic heterocycles. The summed E-state index contributed by atoms with van der Waals surface area (Å²) in [5.74, 6) is 3.00. The molecule has 7 rings (SSSR count). The van der Waals surface area contributed by atoms with Gasteiger partial charge in [0.2, 0.25) is 5.89 Å². The van der Waals surface area contributed by atoms with E-state index in [-0.39, 0.29) is 24.0 Å². The second kappa shape index (κ2) is 7.12. The number of nitrogens with two attached hydrogens (primary N) is 1. The van der Waals surface area contributed by atoms with Crippen LogP contribution in [0.5, 0.6) is 0 Å². The van der Waals surface area contributed by atoms with E-state index in [4.69, 9.17) is 14.9 Å². The van der Waals surface area contributed by atoms with Crippen molar-refractivity contribution in [1.29, 1.82) is 0 Å². The van der Waals surface area contributed by atoms with Gasteiger partial charge in [-0.25, -0.2) is 4.98 Å². The van der Waals surface area contributed by atoms with Gasteiger partial charge < -0.3 is 14.9 Å². The van der Waals surface area contributed by atoms with E-state index in [2.05, 4.69) is 29.2 Å². The molecule has 0 radical (unpaired) electrons. The van der Waals surface area contributed by atoms with Crippen LogP contribution < -0.4 is 5.73 Å². The predicted molar refractivity (Wildman–Crippen MR) is 116 cm³/mol. The highest BCUT2D eigenvalue weighted by molar-refractivity contribution is 5.85. The number of rotatable bonds is 4. The zero-order valence-corrected chi connectivity index (χ0v) is 17.2. The molecule has 3 atom stereocenters. The minimum Gasteiger partial charge on any atom is -0.436 e. The summed E-state index contributed by atoms with van der Waals surface area (Å²) in [7, 11) is 0. The fourth-order valence-electron chi connectivity index (χ4n) is 6.19. The molecule has 3 unspecified atom stereocenters. The minimum atomic E-state index is -0.0896. The zero-order chi connectivity index (χ0) is 18.7. The van der Waals surface area contributed by atoms with Gasteiger partial charge in [0, 0.05) is 11.6 Å². The molecule has 1 aromatic heterocycles. The van der Waals surface area contributed by atoms with Crippen molar-refractivity contribution in [3.8, 4) is 11.5 Å². The second-order valence-corrected chi connectivity index (χ2v) is 9.17. The van der Waals surface area contributed by atoms with Gasteiger partial charge >= 0.3 is 0 Å². The van der Waals surface area contributed by atoms with Gasteiger partial charge in [0.05, 0.1) is 12.2 Å². The number of ether oxygens (including phenoxy) is 1. The molecule has 4 bridgehead atoms. The summed E-state index contributed by atoms with van der Waals surface area (Å²) >= 11 is 0. The summed E-state index contributed by atoms with van der Waals surface area (Å²) < 4.78 is 12.4. The molecule has 152 valence electrons. The summed E-state index contributed by atoms with van der Waals surface area (Å²) in [5.41, 5.74) is 10.5. The fourth-order valence-corrected chi connectivity index (χ4v) is 6.19. The number of para-hydroxylation sites is 2. The second-order valence-electron chi connectivity index (χ2n) is 9.17. The maximum Gasteiger partial charge on any atom is 0.227 e. The number of hydrogen-bond acceptors (Lipinski definition) is 4. The van der Waals surface area contributed by atoms with E-state index in [1.807, 2.05) is 24.3 Å². The third-order valence-electron chi connectivity index (χ3n) is 7.34. The van der Waals surface area contributed by atoms with E-state index >= 15 is 0 Å². The standard InChI is InChI=1S/C24H26N2O2.ClH/c25-22-19-10-16-9-17(11-19)13-24(22,12-16)27-14-15-5-7-18(8-6-15)23-26-20-3-1-2-4-21(20)28-23;/h1-8,16-17,19,22H,9-14,25H2;1H. The zero-order valence-electron chi connectivity index (χ0n) is 16.4. The van der Waals surface area contributed by atoms with Crippen LogP contribution in [-0.2, 0) is 11.3 Å². The molecule has 4 nitrogen and oxygen atoms in total. The molecule has 0 spiro atoms. The van der Waals surface area contributed by atoms with Gasteiger partial charge in [-0.1, -0.05) is 24.3 Å². The van der Waals surface area contributed by atoms with Gasteiger partial charge in [0.1, 0.15) is 5.52 Å². The van der Waals surface area contributed by atoms with E-state index in [1.165, 1.54) is 24.8 Å². The number of hydrogen-bond donors (Lipinski definition) is 1. The third-order valence-corrected chi connectivity index (χ3v) is 7.34. The largest absolute Gasteiger partial charge is 0.436 e. The van der Waals surface area contributed by atoms with Gasteiger partial charge in [-0.05, 0) is 79.7 Å². The Balaban J connectivity index is 0.00000181. The predicted octanol–water partition coefficient (Wildman–Crippen LogP) is 5.34. The van der Waals surface area contributed by atoms with Crippen LogP contribution in [0.15, 0.2) is 52.9 Å². The summed E-state index contributed by atoms with van der Waals surface area (Å²) in [6, 6.07) is 16.5. The van der Waals surface area contributed by atoms with Gasteiger partial charge in [-0.3, -0.25) is 0 Å². The number of nitrogens with zero attached hydrogens (tertiary/aromatic N) is 1. The first kappa shape index (κ1) is 19.1. The molecule has 2 aromatic carbocycles. The smallest absolute Gasteiger partial charge is 0.227 e. The first-order valence-electron chi connectivity index (χ1n) is 10.5. The quantitative estimate of drug-likeness (QED) is 0.630. The van der Waals surface area contributed by atoms with Crippen LogP contribution in [0.25, 0.3) is 22.6 Å². The lowest BCUT2D eigenvalue weighted by molar-refractivity contribution is -0.181. The Labute approximate surface area is 177 Å². The van der Waals surface area contributed by atoms with Crippen molar-refractivity contribution in [2.24, 2.45) is 23.5 Å². The molecular formula is C24H27ClN2O2. The topological polar surface area (TPSA) is 61.3 Å². The van der Waals surface area contributed by atoms with Crippen molar-refractivity contribution in [3.63, 3.8) is 0 Å². The molecule has 4 saturated carbocycles. The molecule has 4 aliphatic rings. The fraction of sp³-hybridized carbons (Fsp3) is 0.458. The van der Waals surface area contributed by atoms with Crippen LogP contribution in [0.2, 0.25) is 0 Å². The van der Waals surface area contributed by atoms with Crippen LogP contribution in [-0.4, -0.2) is 16.6 Å². The van der Waals surface area contributed by atoms with Crippen LogP contribution in [0.3, 0.4) is 0 Å². The Morgan fingerprint density at radius 1 is 1.00 bits per heavy atom. The number of benzene rings is 2. The molecule has 0 saturated heterocycles. The Morgan fingerprint density at radius 2 is 1.72 bits per heavy atom. The average molecular weight is 411 g/mol. The molecule has 3 aromatic rings. The molecule has 5 heteroatoms. The van der Waals surface area contributed by atoms with Crippen LogP contribution in [0.4, 0.5) is 0 Å². The van der Waals surface area contributed by atoms with Gasteiger partial charge in [0.15, 0.2) is 5.58 Å². The Hall–Kier alpha value is -1.88. The Morgan fingerprint density at radius 3 is 2.45 bits per heavy atom. The molecule has 1 heterocycles. The van der Waals surface area contributed by atoms with Gasteiger partial charge in [-0.2, -0.15) is 0 Å². The van der Waals surface area contributed by atoms with Crippen molar-refractivity contribution in [1.82, 2.24) is 4.98 Å². The van der Waals surface area contributed by atoms with Crippen LogP contribution in [0.1, 0.15) is 37.7 Å². The lowest BCUT2D eigenvalue weighted by Gasteiger charge is -2.59. The van der Waals surface area contributed by atoms with Crippen molar-refractivity contribution in [2.75, 3.05) is 0 Å². The lowest BCUT2D eigenvalue weighted by atomic mass is 9.52. The Bertz CT molecular complexity index is 968. The van der Waals surface area contributed by atoms with E-state index in [0.29, 0.717) is 18.4 Å². The van der Waals surface area contributed by atoms with Crippen molar-refractivity contribution >= 4 is 23.5 Å². The SMILES string of the molecule is Cl.NC1C2CC3CC(C2)CC1(OCc1ccc(-c2nc4ccccc4o2)cc1)C3. The first-order chi connectivity index (χ1) is 13.7. The highest BCUT2D eigenvalue weighted by Gasteiger charge is 2.56.